The van der Waals surface area contributed by atoms with Crippen molar-refractivity contribution in [2.24, 2.45) is 0 Å². The van der Waals surface area contributed by atoms with Crippen molar-refractivity contribution in [1.29, 1.82) is 0 Å². The Kier molecular flexibility index (Phi) is 7.17. The lowest BCUT2D eigenvalue weighted by atomic mass is 10.1. The predicted octanol–water partition coefficient (Wildman–Crippen LogP) is 4.22. The molecule has 0 aliphatic heterocycles. The van der Waals surface area contributed by atoms with E-state index >= 15 is 0 Å². The fraction of sp³-hybridized carbons (Fsp3) is 0.500. The molecule has 0 saturated heterocycles. The molecule has 0 radical (unpaired) electrons. The van der Waals surface area contributed by atoms with E-state index in [1.165, 1.54) is 5.39 Å². The van der Waals surface area contributed by atoms with Crippen LogP contribution in [0.1, 0.15) is 32.9 Å². The number of hydrogen-bond donors (Lipinski definition) is 0. The Hall–Kier alpha value is -1.27. The van der Waals surface area contributed by atoms with Crippen LogP contribution in [0.5, 0.6) is 0 Å². The summed E-state index contributed by atoms with van der Waals surface area (Å²) >= 11 is 0. The molecule has 0 atom stereocenters. The normalized spacial score (nSPS) is 12.0. The van der Waals surface area contributed by atoms with Crippen LogP contribution in [-0.4, -0.2) is 33.6 Å². The third-order valence-corrected chi connectivity index (χ3v) is 6.82. The van der Waals surface area contributed by atoms with E-state index in [2.05, 4.69) is 24.3 Å². The zero-order valence-corrected chi connectivity index (χ0v) is 15.4. The number of aromatic nitrogens is 1. The smallest absolute Gasteiger partial charge is 0.374 e. The highest BCUT2D eigenvalue weighted by Gasteiger charge is 2.39. The zero-order chi connectivity index (χ0) is 16.5. The van der Waals surface area contributed by atoms with Crippen molar-refractivity contribution < 1.29 is 13.3 Å². The third kappa shape index (κ3) is 5.11. The number of hydrogen-bond acceptors (Lipinski definition) is 4. The van der Waals surface area contributed by atoms with E-state index in [1.807, 2.05) is 32.9 Å². The summed E-state index contributed by atoms with van der Waals surface area (Å²) < 4.78 is 17.7. The molecule has 0 bridgehead atoms. The standard InChI is InChI=1S/C18H27NO3Si/c1-4-20-23(21-5-2,22-6-3)15-9-11-17-14-13-16-10-7-8-12-18(16)19-17/h7-8,10,12-14H,4-6,9,11,15H2,1-3H3. The summed E-state index contributed by atoms with van der Waals surface area (Å²) in [6, 6.07) is 13.3. The molecule has 0 saturated carbocycles. The summed E-state index contributed by atoms with van der Waals surface area (Å²) in [5, 5.41) is 1.18. The second kappa shape index (κ2) is 9.13. The van der Waals surface area contributed by atoms with Gasteiger partial charge in [0.2, 0.25) is 0 Å². The first-order chi connectivity index (χ1) is 11.2. The summed E-state index contributed by atoms with van der Waals surface area (Å²) in [5.74, 6) is 0. The maximum atomic E-state index is 5.89. The van der Waals surface area contributed by atoms with Gasteiger partial charge in [0.15, 0.2) is 0 Å². The number of aryl methyl sites for hydroxylation is 1. The predicted molar refractivity (Wildman–Crippen MR) is 95.5 cm³/mol. The van der Waals surface area contributed by atoms with Crippen molar-refractivity contribution >= 4 is 19.7 Å². The number of benzene rings is 1. The zero-order valence-electron chi connectivity index (χ0n) is 14.4. The summed E-state index contributed by atoms with van der Waals surface area (Å²) in [5.41, 5.74) is 2.16. The highest BCUT2D eigenvalue weighted by Crippen LogP contribution is 2.20. The van der Waals surface area contributed by atoms with Crippen molar-refractivity contribution in [2.45, 2.75) is 39.7 Å². The van der Waals surface area contributed by atoms with Crippen molar-refractivity contribution in [1.82, 2.24) is 4.98 Å². The van der Waals surface area contributed by atoms with Gasteiger partial charge in [-0.05, 0) is 45.7 Å². The quantitative estimate of drug-likeness (QED) is 0.611. The second-order valence-electron chi connectivity index (χ2n) is 5.33. The molecule has 1 aromatic heterocycles. The van der Waals surface area contributed by atoms with Crippen molar-refractivity contribution in [2.75, 3.05) is 19.8 Å². The Balaban J connectivity index is 1.99. The van der Waals surface area contributed by atoms with Crippen LogP contribution in [0.3, 0.4) is 0 Å². The molecule has 0 aliphatic rings. The summed E-state index contributed by atoms with van der Waals surface area (Å²) in [6.07, 6.45) is 1.87. The molecule has 0 aliphatic carbocycles. The lowest BCUT2D eigenvalue weighted by molar-refractivity contribution is 0.0708. The summed E-state index contributed by atoms with van der Waals surface area (Å²) in [6.45, 7) is 7.85. The molecule has 2 aromatic rings. The van der Waals surface area contributed by atoms with Gasteiger partial charge in [-0.3, -0.25) is 4.98 Å². The summed E-state index contributed by atoms with van der Waals surface area (Å²) in [7, 11) is -2.53. The largest absolute Gasteiger partial charge is 0.500 e. The maximum absolute atomic E-state index is 5.89. The minimum absolute atomic E-state index is 0.625. The molecule has 4 nitrogen and oxygen atoms in total. The van der Waals surface area contributed by atoms with E-state index in [0.29, 0.717) is 19.8 Å². The van der Waals surface area contributed by atoms with Crippen LogP contribution < -0.4 is 0 Å². The highest BCUT2D eigenvalue weighted by atomic mass is 28.4. The van der Waals surface area contributed by atoms with Crippen LogP contribution in [0.25, 0.3) is 10.9 Å². The van der Waals surface area contributed by atoms with Gasteiger partial charge in [-0.25, -0.2) is 0 Å². The first kappa shape index (κ1) is 18.1. The van der Waals surface area contributed by atoms with Crippen LogP contribution in [0, 0.1) is 0 Å². The van der Waals surface area contributed by atoms with Gasteiger partial charge in [0.05, 0.1) is 5.52 Å². The fourth-order valence-electron chi connectivity index (χ4n) is 2.73. The first-order valence-corrected chi connectivity index (χ1v) is 10.4. The lowest BCUT2D eigenvalue weighted by Crippen LogP contribution is -2.46. The molecule has 0 unspecified atom stereocenters. The topological polar surface area (TPSA) is 40.6 Å². The Morgan fingerprint density at radius 2 is 1.52 bits per heavy atom. The van der Waals surface area contributed by atoms with Crippen LogP contribution in [0.4, 0.5) is 0 Å². The van der Waals surface area contributed by atoms with E-state index < -0.39 is 8.80 Å². The van der Waals surface area contributed by atoms with Crippen molar-refractivity contribution in [3.05, 3.63) is 42.1 Å². The Labute approximate surface area is 140 Å². The molecule has 23 heavy (non-hydrogen) atoms. The number of fused-ring (bicyclic) bond motifs is 1. The molecule has 1 heterocycles. The molecule has 0 fully saturated rings. The Morgan fingerprint density at radius 1 is 0.870 bits per heavy atom. The second-order valence-corrected chi connectivity index (χ2v) is 8.06. The van der Waals surface area contributed by atoms with Gasteiger partial charge in [-0.15, -0.1) is 0 Å². The third-order valence-electron chi connectivity index (χ3n) is 3.66. The Morgan fingerprint density at radius 3 is 2.17 bits per heavy atom. The SMILES string of the molecule is CCO[Si](CCCc1ccc2ccccc2n1)(OCC)OCC. The van der Waals surface area contributed by atoms with Crippen molar-refractivity contribution in [3.63, 3.8) is 0 Å². The lowest BCUT2D eigenvalue weighted by Gasteiger charge is -2.28. The first-order valence-electron chi connectivity index (χ1n) is 8.49. The molecule has 2 rings (SSSR count). The van der Waals surface area contributed by atoms with Gasteiger partial charge in [0, 0.05) is 36.9 Å². The van der Waals surface area contributed by atoms with E-state index in [9.17, 15) is 0 Å². The molecule has 0 spiro atoms. The van der Waals surface area contributed by atoms with E-state index in [1.54, 1.807) is 0 Å². The number of rotatable bonds is 10. The minimum Gasteiger partial charge on any atom is -0.374 e. The van der Waals surface area contributed by atoms with Gasteiger partial charge in [0.25, 0.3) is 0 Å². The van der Waals surface area contributed by atoms with E-state index in [-0.39, 0.29) is 0 Å². The average molecular weight is 334 g/mol. The van der Waals surface area contributed by atoms with Crippen molar-refractivity contribution in [3.8, 4) is 0 Å². The molecular formula is C18H27NO3Si. The van der Waals surface area contributed by atoms with E-state index in [4.69, 9.17) is 18.3 Å². The molecular weight excluding hydrogens is 306 g/mol. The van der Waals surface area contributed by atoms with Gasteiger partial charge >= 0.3 is 8.80 Å². The number of nitrogens with zero attached hydrogens (tertiary/aromatic N) is 1. The maximum Gasteiger partial charge on any atom is 0.500 e. The van der Waals surface area contributed by atoms with E-state index in [0.717, 1.165) is 30.1 Å². The monoisotopic (exact) mass is 333 g/mol. The molecule has 5 heteroatoms. The van der Waals surface area contributed by atoms with Gasteiger partial charge < -0.3 is 13.3 Å². The molecule has 0 amide bonds. The minimum atomic E-state index is -2.53. The van der Waals surface area contributed by atoms with Crippen LogP contribution in [0.2, 0.25) is 6.04 Å². The van der Waals surface area contributed by atoms with Gasteiger partial charge in [-0.1, -0.05) is 24.3 Å². The summed E-state index contributed by atoms with van der Waals surface area (Å²) in [4.78, 5) is 4.73. The molecule has 0 N–H and O–H groups in total. The number of pyridine rings is 1. The highest BCUT2D eigenvalue weighted by molar-refractivity contribution is 6.60. The molecule has 1 aromatic carbocycles. The Bertz CT molecular complexity index is 589. The fourth-order valence-corrected chi connectivity index (χ4v) is 5.35. The molecule has 126 valence electrons. The van der Waals surface area contributed by atoms with Gasteiger partial charge in [0.1, 0.15) is 0 Å². The van der Waals surface area contributed by atoms with Crippen LogP contribution >= 0.6 is 0 Å². The average Bonchev–Trinajstić information content (AvgIpc) is 2.55. The van der Waals surface area contributed by atoms with Crippen LogP contribution in [0.15, 0.2) is 36.4 Å². The van der Waals surface area contributed by atoms with Crippen LogP contribution in [-0.2, 0) is 19.7 Å². The van der Waals surface area contributed by atoms with Gasteiger partial charge in [-0.2, -0.15) is 0 Å². The number of para-hydroxylation sites is 1.